The fourth-order valence-corrected chi connectivity index (χ4v) is 5.59. The minimum absolute atomic E-state index is 0.0106. The molecule has 1 fully saturated rings. The fraction of sp³-hybridized carbons (Fsp3) is 0.345. The summed E-state index contributed by atoms with van der Waals surface area (Å²) >= 11 is 0. The van der Waals surface area contributed by atoms with E-state index in [1.165, 1.54) is 36.8 Å². The maximum Gasteiger partial charge on any atom is 0.296 e. The first-order valence-electron chi connectivity index (χ1n) is 12.3. The Morgan fingerprint density at radius 2 is 1.80 bits per heavy atom. The molecule has 35 heavy (non-hydrogen) atoms. The molecule has 2 atom stereocenters. The summed E-state index contributed by atoms with van der Waals surface area (Å²) in [5.74, 6) is 2.60. The van der Waals surface area contributed by atoms with Crippen LogP contribution < -0.4 is 0 Å². The summed E-state index contributed by atoms with van der Waals surface area (Å²) in [4.78, 5) is 4.77. The lowest BCUT2D eigenvalue weighted by Crippen LogP contribution is -2.09. The van der Waals surface area contributed by atoms with E-state index in [9.17, 15) is 8.42 Å². The molecule has 0 radical (unpaired) electrons. The van der Waals surface area contributed by atoms with Crippen molar-refractivity contribution >= 4 is 10.1 Å². The standard InChI is InChI=1S/C29H31NO4S/c1-20-8-14-26(15-9-20)35(31,32)33-17-16-28-21(2)34-29(30-28)24-12-10-23(11-13-24)27-19-25(27)18-22-6-4-3-5-7-22/h4,6-15,25,27H,3,5,16-19H2,1-2H3. The van der Waals surface area contributed by atoms with Gasteiger partial charge < -0.3 is 4.42 Å². The zero-order valence-corrected chi connectivity index (χ0v) is 21.1. The van der Waals surface area contributed by atoms with E-state index >= 15 is 0 Å². The molecule has 0 aliphatic heterocycles. The van der Waals surface area contributed by atoms with Crippen LogP contribution in [0.3, 0.4) is 0 Å². The largest absolute Gasteiger partial charge is 0.441 e. The molecule has 0 N–H and O–H groups in total. The lowest BCUT2D eigenvalue weighted by atomic mass is 9.99. The predicted molar refractivity (Wildman–Crippen MR) is 137 cm³/mol. The maximum absolute atomic E-state index is 12.4. The van der Waals surface area contributed by atoms with Crippen LogP contribution in [0.15, 0.2) is 81.6 Å². The molecule has 5 rings (SSSR count). The molecule has 1 aromatic heterocycles. The van der Waals surface area contributed by atoms with Crippen LogP contribution in [0.2, 0.25) is 0 Å². The molecule has 2 aromatic carbocycles. The Morgan fingerprint density at radius 1 is 1.03 bits per heavy atom. The second kappa shape index (κ2) is 9.96. The first-order chi connectivity index (χ1) is 16.9. The van der Waals surface area contributed by atoms with Crippen molar-refractivity contribution < 1.29 is 17.0 Å². The Hall–Kier alpha value is -2.96. The predicted octanol–water partition coefficient (Wildman–Crippen LogP) is 6.68. The van der Waals surface area contributed by atoms with E-state index < -0.39 is 10.1 Å². The Bertz CT molecular complexity index is 1350. The molecule has 0 bridgehead atoms. The number of allylic oxidation sites excluding steroid dienone is 4. The Balaban J connectivity index is 1.17. The number of benzene rings is 2. The lowest BCUT2D eigenvalue weighted by molar-refractivity contribution is 0.320. The number of aryl methyl sites for hydroxylation is 2. The first-order valence-corrected chi connectivity index (χ1v) is 13.7. The molecule has 0 amide bonds. The summed E-state index contributed by atoms with van der Waals surface area (Å²) in [5, 5.41) is 0. The van der Waals surface area contributed by atoms with Gasteiger partial charge in [-0.05, 0) is 81.2 Å². The van der Waals surface area contributed by atoms with Gasteiger partial charge in [-0.1, -0.05) is 53.6 Å². The highest BCUT2D eigenvalue weighted by Gasteiger charge is 2.38. The molecule has 5 nitrogen and oxygen atoms in total. The van der Waals surface area contributed by atoms with Gasteiger partial charge in [-0.2, -0.15) is 8.42 Å². The molecule has 0 spiro atoms. The second-order valence-corrected chi connectivity index (χ2v) is 11.2. The molecule has 2 aliphatic rings. The van der Waals surface area contributed by atoms with E-state index in [1.54, 1.807) is 24.3 Å². The molecule has 1 heterocycles. The molecular formula is C29H31NO4S. The molecular weight excluding hydrogens is 458 g/mol. The van der Waals surface area contributed by atoms with Gasteiger partial charge in [-0.25, -0.2) is 4.98 Å². The summed E-state index contributed by atoms with van der Waals surface area (Å²) in [6.07, 6.45) is 12.1. The van der Waals surface area contributed by atoms with Crippen molar-refractivity contribution in [3.05, 3.63) is 94.9 Å². The van der Waals surface area contributed by atoms with Crippen molar-refractivity contribution in [1.82, 2.24) is 4.98 Å². The topological polar surface area (TPSA) is 69.4 Å². The Kier molecular flexibility index (Phi) is 6.76. The van der Waals surface area contributed by atoms with Gasteiger partial charge in [-0.3, -0.25) is 4.18 Å². The zero-order valence-electron chi connectivity index (χ0n) is 20.2. The molecule has 0 saturated heterocycles. The molecule has 1 saturated carbocycles. The number of nitrogens with zero attached hydrogens (tertiary/aromatic N) is 1. The maximum atomic E-state index is 12.4. The number of aromatic nitrogens is 1. The molecule has 2 unspecified atom stereocenters. The van der Waals surface area contributed by atoms with Gasteiger partial charge in [0, 0.05) is 12.0 Å². The van der Waals surface area contributed by atoms with Crippen LogP contribution in [0.25, 0.3) is 11.5 Å². The highest BCUT2D eigenvalue weighted by atomic mass is 32.2. The average molecular weight is 490 g/mol. The number of hydrogen-bond acceptors (Lipinski definition) is 5. The summed E-state index contributed by atoms with van der Waals surface area (Å²) in [6.45, 7) is 3.76. The Morgan fingerprint density at radius 3 is 2.51 bits per heavy atom. The Labute approximate surface area is 207 Å². The first kappa shape index (κ1) is 23.8. The molecule has 2 aliphatic carbocycles. The minimum atomic E-state index is -3.79. The third kappa shape index (κ3) is 5.65. The molecule has 3 aromatic rings. The van der Waals surface area contributed by atoms with Gasteiger partial charge in [0.25, 0.3) is 10.1 Å². The second-order valence-electron chi connectivity index (χ2n) is 9.55. The highest BCUT2D eigenvalue weighted by molar-refractivity contribution is 7.86. The minimum Gasteiger partial charge on any atom is -0.441 e. The normalized spacial score (nSPS) is 19.5. The van der Waals surface area contributed by atoms with E-state index in [0.717, 1.165) is 17.0 Å². The van der Waals surface area contributed by atoms with Gasteiger partial charge in [0.15, 0.2) is 0 Å². The van der Waals surface area contributed by atoms with Crippen molar-refractivity contribution in [3.63, 3.8) is 0 Å². The fourth-order valence-electron chi connectivity index (χ4n) is 4.68. The van der Waals surface area contributed by atoms with Gasteiger partial charge in [0.1, 0.15) is 5.76 Å². The summed E-state index contributed by atoms with van der Waals surface area (Å²) < 4.78 is 35.9. The van der Waals surface area contributed by atoms with Crippen LogP contribution in [0.1, 0.15) is 54.2 Å². The van der Waals surface area contributed by atoms with Gasteiger partial charge >= 0.3 is 0 Å². The number of hydrogen-bond donors (Lipinski definition) is 0. The summed E-state index contributed by atoms with van der Waals surface area (Å²) in [5.41, 5.74) is 5.48. The van der Waals surface area contributed by atoms with Gasteiger partial charge in [0.2, 0.25) is 5.89 Å². The summed E-state index contributed by atoms with van der Waals surface area (Å²) in [6, 6.07) is 15.1. The SMILES string of the molecule is Cc1ccc(S(=O)(=O)OCCc2nc(-c3ccc(C4CC4CC4=CCCC=C4)cc3)oc2C)cc1. The van der Waals surface area contributed by atoms with Crippen LogP contribution in [-0.4, -0.2) is 20.0 Å². The van der Waals surface area contributed by atoms with Crippen molar-refractivity contribution in [2.75, 3.05) is 6.61 Å². The van der Waals surface area contributed by atoms with Crippen LogP contribution in [-0.2, 0) is 20.7 Å². The third-order valence-corrected chi connectivity index (χ3v) is 8.18. The lowest BCUT2D eigenvalue weighted by Gasteiger charge is -2.06. The van der Waals surface area contributed by atoms with Crippen molar-refractivity contribution in [3.8, 4) is 11.5 Å². The van der Waals surface area contributed by atoms with Gasteiger partial charge in [-0.15, -0.1) is 0 Å². The van der Waals surface area contributed by atoms with Crippen LogP contribution in [0.5, 0.6) is 0 Å². The third-order valence-electron chi connectivity index (χ3n) is 6.86. The van der Waals surface area contributed by atoms with E-state index in [2.05, 4.69) is 47.5 Å². The van der Waals surface area contributed by atoms with Crippen LogP contribution in [0.4, 0.5) is 0 Å². The van der Waals surface area contributed by atoms with Crippen molar-refractivity contribution in [2.24, 2.45) is 5.92 Å². The van der Waals surface area contributed by atoms with E-state index in [0.29, 0.717) is 29.7 Å². The quantitative estimate of drug-likeness (QED) is 0.314. The zero-order chi connectivity index (χ0) is 24.4. The van der Waals surface area contributed by atoms with Crippen LogP contribution in [0, 0.1) is 19.8 Å². The van der Waals surface area contributed by atoms with Crippen molar-refractivity contribution in [2.45, 2.75) is 56.8 Å². The van der Waals surface area contributed by atoms with Crippen LogP contribution >= 0.6 is 0 Å². The number of oxazole rings is 1. The average Bonchev–Trinajstić information content (AvgIpc) is 3.52. The number of rotatable bonds is 9. The van der Waals surface area contributed by atoms with E-state index in [1.807, 2.05) is 13.8 Å². The van der Waals surface area contributed by atoms with Crippen molar-refractivity contribution in [1.29, 1.82) is 0 Å². The molecule has 182 valence electrons. The molecule has 6 heteroatoms. The van der Waals surface area contributed by atoms with Gasteiger partial charge in [0.05, 0.1) is 17.2 Å². The smallest absolute Gasteiger partial charge is 0.296 e. The van der Waals surface area contributed by atoms with E-state index in [-0.39, 0.29) is 11.5 Å². The summed E-state index contributed by atoms with van der Waals surface area (Å²) in [7, 11) is -3.79. The van der Waals surface area contributed by atoms with E-state index in [4.69, 9.17) is 8.60 Å². The monoisotopic (exact) mass is 489 g/mol. The highest BCUT2D eigenvalue weighted by Crippen LogP contribution is 2.51.